The second-order valence-corrected chi connectivity index (χ2v) is 6.66. The van der Waals surface area contributed by atoms with Crippen LogP contribution in [0.25, 0.3) is 0 Å². The summed E-state index contributed by atoms with van der Waals surface area (Å²) in [5.41, 5.74) is 2.95. The lowest BCUT2D eigenvalue weighted by molar-refractivity contribution is -0.130. The van der Waals surface area contributed by atoms with E-state index < -0.39 is 0 Å². The molecule has 0 unspecified atom stereocenters. The third kappa shape index (κ3) is 2.05. The first-order chi connectivity index (χ1) is 9.53. The summed E-state index contributed by atoms with van der Waals surface area (Å²) in [5.74, 6) is 0.317. The number of piperidine rings is 1. The molecule has 1 amide bonds. The quantitative estimate of drug-likeness (QED) is 0.782. The molecule has 1 aliphatic heterocycles. The Morgan fingerprint density at radius 2 is 1.90 bits per heavy atom. The van der Waals surface area contributed by atoms with Gasteiger partial charge in [-0.3, -0.25) is 4.79 Å². The molecule has 1 saturated heterocycles. The highest BCUT2D eigenvalue weighted by Crippen LogP contribution is 2.51. The van der Waals surface area contributed by atoms with Gasteiger partial charge in [-0.15, -0.1) is 0 Å². The standard InChI is InChI=1S/C17H24N2O/c1-18(2)16(20)14-12-17(8-10-19(3)11-9-17)15-7-5-4-6-13(14)15/h4-7,14H,8-12H2,1-3H3/t14-/m1/s1. The first-order valence-electron chi connectivity index (χ1n) is 7.53. The summed E-state index contributed by atoms with van der Waals surface area (Å²) in [7, 11) is 5.92. The minimum absolute atomic E-state index is 0.0598. The molecule has 1 spiro atoms. The lowest BCUT2D eigenvalue weighted by Gasteiger charge is -2.39. The minimum Gasteiger partial charge on any atom is -0.348 e. The Morgan fingerprint density at radius 1 is 1.25 bits per heavy atom. The molecule has 3 heteroatoms. The fraction of sp³-hybridized carbons (Fsp3) is 0.588. The van der Waals surface area contributed by atoms with E-state index >= 15 is 0 Å². The van der Waals surface area contributed by atoms with E-state index in [0.29, 0.717) is 0 Å². The van der Waals surface area contributed by atoms with E-state index in [0.717, 1.165) is 19.5 Å². The normalized spacial score (nSPS) is 24.6. The smallest absolute Gasteiger partial charge is 0.229 e. The molecule has 0 bridgehead atoms. The number of amides is 1. The Morgan fingerprint density at radius 3 is 2.55 bits per heavy atom. The minimum atomic E-state index is 0.0598. The van der Waals surface area contributed by atoms with Crippen LogP contribution in [0.15, 0.2) is 24.3 Å². The summed E-state index contributed by atoms with van der Waals surface area (Å²) in [4.78, 5) is 16.7. The van der Waals surface area contributed by atoms with E-state index in [1.165, 1.54) is 24.0 Å². The lowest BCUT2D eigenvalue weighted by atomic mass is 9.73. The maximum absolute atomic E-state index is 12.5. The zero-order chi connectivity index (χ0) is 14.3. The summed E-state index contributed by atoms with van der Waals surface area (Å²) in [6.45, 7) is 2.27. The van der Waals surface area contributed by atoms with Crippen LogP contribution in [0.1, 0.15) is 36.3 Å². The van der Waals surface area contributed by atoms with Crippen LogP contribution in [0.5, 0.6) is 0 Å². The summed E-state index contributed by atoms with van der Waals surface area (Å²) < 4.78 is 0. The van der Waals surface area contributed by atoms with E-state index in [-0.39, 0.29) is 17.2 Å². The van der Waals surface area contributed by atoms with Crippen LogP contribution in [0.2, 0.25) is 0 Å². The maximum Gasteiger partial charge on any atom is 0.229 e. The number of fused-ring (bicyclic) bond motifs is 2. The Hall–Kier alpha value is -1.35. The number of hydrogen-bond acceptors (Lipinski definition) is 2. The third-order valence-corrected chi connectivity index (χ3v) is 5.19. The van der Waals surface area contributed by atoms with E-state index in [1.54, 1.807) is 4.90 Å². The zero-order valence-corrected chi connectivity index (χ0v) is 12.7. The number of carbonyl (C=O) groups excluding carboxylic acids is 1. The molecule has 108 valence electrons. The highest BCUT2D eigenvalue weighted by molar-refractivity contribution is 5.85. The van der Waals surface area contributed by atoms with Crippen molar-refractivity contribution in [2.75, 3.05) is 34.2 Å². The molecule has 0 aromatic heterocycles. The van der Waals surface area contributed by atoms with Gasteiger partial charge >= 0.3 is 0 Å². The Bertz CT molecular complexity index is 515. The molecule has 1 aliphatic carbocycles. The number of likely N-dealkylation sites (tertiary alicyclic amines) is 1. The second kappa shape index (κ2) is 4.88. The van der Waals surface area contributed by atoms with Crippen LogP contribution in [0, 0.1) is 0 Å². The van der Waals surface area contributed by atoms with Crippen molar-refractivity contribution in [3.63, 3.8) is 0 Å². The maximum atomic E-state index is 12.5. The van der Waals surface area contributed by atoms with Gasteiger partial charge in [0.25, 0.3) is 0 Å². The molecule has 3 rings (SSSR count). The van der Waals surface area contributed by atoms with Gasteiger partial charge in [0, 0.05) is 14.1 Å². The van der Waals surface area contributed by atoms with Gasteiger partial charge in [-0.2, -0.15) is 0 Å². The van der Waals surface area contributed by atoms with Gasteiger partial charge in [0.05, 0.1) is 5.92 Å². The molecule has 0 N–H and O–H groups in total. The van der Waals surface area contributed by atoms with Crippen LogP contribution < -0.4 is 0 Å². The fourth-order valence-electron chi connectivity index (χ4n) is 3.95. The fourth-order valence-corrected chi connectivity index (χ4v) is 3.95. The molecule has 1 aromatic rings. The van der Waals surface area contributed by atoms with Crippen LogP contribution in [0.4, 0.5) is 0 Å². The van der Waals surface area contributed by atoms with Crippen molar-refractivity contribution in [3.05, 3.63) is 35.4 Å². The SMILES string of the molecule is CN1CCC2(CC1)C[C@@H](C(=O)N(C)C)c1ccccc12. The molecule has 0 saturated carbocycles. The number of carbonyl (C=O) groups is 1. The molecule has 1 aromatic carbocycles. The molecule has 1 fully saturated rings. The first kappa shape index (κ1) is 13.6. The van der Waals surface area contributed by atoms with Gasteiger partial charge in [0.15, 0.2) is 0 Å². The predicted octanol–water partition coefficient (Wildman–Crippen LogP) is 2.23. The summed E-state index contributed by atoms with van der Waals surface area (Å²) in [6, 6.07) is 8.61. The number of rotatable bonds is 1. The van der Waals surface area contributed by atoms with Crippen molar-refractivity contribution in [2.45, 2.75) is 30.6 Å². The van der Waals surface area contributed by atoms with E-state index in [4.69, 9.17) is 0 Å². The van der Waals surface area contributed by atoms with Crippen LogP contribution in [-0.2, 0) is 10.2 Å². The monoisotopic (exact) mass is 272 g/mol. The van der Waals surface area contributed by atoms with E-state index in [9.17, 15) is 4.79 Å². The van der Waals surface area contributed by atoms with Crippen molar-refractivity contribution in [1.82, 2.24) is 9.80 Å². The lowest BCUT2D eigenvalue weighted by Crippen LogP contribution is -2.40. The summed E-state index contributed by atoms with van der Waals surface area (Å²) in [5, 5.41) is 0. The van der Waals surface area contributed by atoms with Crippen molar-refractivity contribution >= 4 is 5.91 Å². The van der Waals surface area contributed by atoms with Gasteiger partial charge in [0.1, 0.15) is 0 Å². The zero-order valence-electron chi connectivity index (χ0n) is 12.7. The van der Waals surface area contributed by atoms with Crippen LogP contribution in [-0.4, -0.2) is 49.9 Å². The number of nitrogens with zero attached hydrogens (tertiary/aromatic N) is 2. The molecular weight excluding hydrogens is 248 g/mol. The number of likely N-dealkylation sites (N-methyl/N-ethyl adjacent to an activating group) is 1. The average Bonchev–Trinajstić information content (AvgIpc) is 2.77. The molecule has 0 radical (unpaired) electrons. The van der Waals surface area contributed by atoms with Crippen molar-refractivity contribution in [2.24, 2.45) is 0 Å². The molecule has 1 heterocycles. The summed E-state index contributed by atoms with van der Waals surface area (Å²) in [6.07, 6.45) is 3.35. The van der Waals surface area contributed by atoms with Crippen molar-refractivity contribution in [3.8, 4) is 0 Å². The highest BCUT2D eigenvalue weighted by Gasteiger charge is 2.47. The number of benzene rings is 1. The van der Waals surface area contributed by atoms with Crippen LogP contribution >= 0.6 is 0 Å². The van der Waals surface area contributed by atoms with E-state index in [1.807, 2.05) is 14.1 Å². The second-order valence-electron chi connectivity index (χ2n) is 6.66. The van der Waals surface area contributed by atoms with Gasteiger partial charge in [-0.05, 0) is 55.9 Å². The summed E-state index contributed by atoms with van der Waals surface area (Å²) >= 11 is 0. The average molecular weight is 272 g/mol. The highest BCUT2D eigenvalue weighted by atomic mass is 16.2. The van der Waals surface area contributed by atoms with Gasteiger partial charge < -0.3 is 9.80 Å². The Balaban J connectivity index is 1.98. The van der Waals surface area contributed by atoms with Gasteiger partial charge in [-0.25, -0.2) is 0 Å². The first-order valence-corrected chi connectivity index (χ1v) is 7.53. The largest absolute Gasteiger partial charge is 0.348 e. The van der Waals surface area contributed by atoms with Gasteiger partial charge in [0.2, 0.25) is 5.91 Å². The Kier molecular flexibility index (Phi) is 3.33. The molecule has 1 atom stereocenters. The topological polar surface area (TPSA) is 23.6 Å². The van der Waals surface area contributed by atoms with Gasteiger partial charge in [-0.1, -0.05) is 24.3 Å². The third-order valence-electron chi connectivity index (χ3n) is 5.19. The Labute approximate surface area is 121 Å². The molecule has 2 aliphatic rings. The number of hydrogen-bond donors (Lipinski definition) is 0. The van der Waals surface area contributed by atoms with Crippen LogP contribution in [0.3, 0.4) is 0 Å². The molecular formula is C17H24N2O. The molecule has 20 heavy (non-hydrogen) atoms. The molecule has 3 nitrogen and oxygen atoms in total. The van der Waals surface area contributed by atoms with E-state index in [2.05, 4.69) is 36.2 Å². The predicted molar refractivity (Wildman–Crippen MR) is 80.9 cm³/mol. The van der Waals surface area contributed by atoms with Crippen molar-refractivity contribution in [1.29, 1.82) is 0 Å². The van der Waals surface area contributed by atoms with Crippen molar-refractivity contribution < 1.29 is 4.79 Å².